The number of aliphatic imine (C=N–C) groups is 1. The fraction of sp³-hybridized carbons (Fsp3) is 0.562. The zero-order valence-corrected chi connectivity index (χ0v) is 16.8. The highest BCUT2D eigenvalue weighted by molar-refractivity contribution is 14.0. The van der Waals surface area contributed by atoms with E-state index in [-0.39, 0.29) is 29.7 Å². The Bertz CT molecular complexity index is 516. The summed E-state index contributed by atoms with van der Waals surface area (Å²) in [4.78, 5) is 4.15. The molecule has 1 aromatic rings. The molecular formula is C16H26F2IN3O2. The number of ether oxygens (including phenoxy) is 2. The maximum atomic E-state index is 12.4. The summed E-state index contributed by atoms with van der Waals surface area (Å²) >= 11 is 0. The topological polar surface area (TPSA) is 54.9 Å². The third-order valence-corrected chi connectivity index (χ3v) is 3.20. The first-order chi connectivity index (χ1) is 11.0. The highest BCUT2D eigenvalue weighted by Gasteiger charge is 2.12. The Morgan fingerprint density at radius 1 is 1.25 bits per heavy atom. The van der Waals surface area contributed by atoms with E-state index in [0.29, 0.717) is 30.9 Å². The number of nitrogens with one attached hydrogen (secondary N) is 2. The molecule has 0 aliphatic carbocycles. The van der Waals surface area contributed by atoms with Gasteiger partial charge >= 0.3 is 6.61 Å². The highest BCUT2D eigenvalue weighted by Crippen LogP contribution is 2.29. The van der Waals surface area contributed by atoms with Crippen molar-refractivity contribution in [2.24, 2.45) is 4.99 Å². The van der Waals surface area contributed by atoms with E-state index in [0.717, 1.165) is 12.0 Å². The monoisotopic (exact) mass is 457 g/mol. The number of guanidine groups is 1. The van der Waals surface area contributed by atoms with Crippen LogP contribution < -0.4 is 20.1 Å². The summed E-state index contributed by atoms with van der Waals surface area (Å²) in [6.45, 7) is 3.92. The van der Waals surface area contributed by atoms with Gasteiger partial charge in [0.2, 0.25) is 0 Å². The van der Waals surface area contributed by atoms with Gasteiger partial charge in [-0.15, -0.1) is 24.0 Å². The molecule has 0 bridgehead atoms. The summed E-state index contributed by atoms with van der Waals surface area (Å²) in [5.74, 6) is 1.02. The molecule has 0 aliphatic heterocycles. The molecule has 0 spiro atoms. The molecule has 0 aliphatic rings. The largest absolute Gasteiger partial charge is 0.490 e. The van der Waals surface area contributed by atoms with Gasteiger partial charge in [0, 0.05) is 19.6 Å². The minimum absolute atomic E-state index is 0. The molecule has 8 heteroatoms. The van der Waals surface area contributed by atoms with E-state index in [1.165, 1.54) is 6.07 Å². The van der Waals surface area contributed by atoms with E-state index < -0.39 is 6.61 Å². The third kappa shape index (κ3) is 7.98. The molecule has 0 amide bonds. The molecule has 2 N–H and O–H groups in total. The smallest absolute Gasteiger partial charge is 0.387 e. The SMILES string of the molecule is CCOc1cc(CNC(=NC)NC(C)CC)ccc1OC(F)F.I. The van der Waals surface area contributed by atoms with E-state index >= 15 is 0 Å². The molecule has 1 rings (SSSR count). The lowest BCUT2D eigenvalue weighted by Crippen LogP contribution is -2.41. The number of halogens is 3. The van der Waals surface area contributed by atoms with E-state index in [1.54, 1.807) is 26.1 Å². The Morgan fingerprint density at radius 3 is 2.50 bits per heavy atom. The van der Waals surface area contributed by atoms with E-state index in [4.69, 9.17) is 4.74 Å². The lowest BCUT2D eigenvalue weighted by Gasteiger charge is -2.17. The van der Waals surface area contributed by atoms with Crippen LogP contribution >= 0.6 is 24.0 Å². The van der Waals surface area contributed by atoms with Gasteiger partial charge < -0.3 is 20.1 Å². The summed E-state index contributed by atoms with van der Waals surface area (Å²) in [7, 11) is 1.70. The number of nitrogens with zero attached hydrogens (tertiary/aromatic N) is 1. The molecule has 0 saturated heterocycles. The summed E-state index contributed by atoms with van der Waals surface area (Å²) in [6.07, 6.45) is 0.981. The Kier molecular flexibility index (Phi) is 11.4. The van der Waals surface area contributed by atoms with Crippen molar-refractivity contribution in [2.75, 3.05) is 13.7 Å². The molecule has 0 radical (unpaired) electrons. The first kappa shape index (κ1) is 22.7. The van der Waals surface area contributed by atoms with Crippen molar-refractivity contribution in [3.8, 4) is 11.5 Å². The number of benzene rings is 1. The minimum Gasteiger partial charge on any atom is -0.490 e. The van der Waals surface area contributed by atoms with Crippen molar-refractivity contribution in [3.05, 3.63) is 23.8 Å². The molecule has 24 heavy (non-hydrogen) atoms. The van der Waals surface area contributed by atoms with Crippen molar-refractivity contribution in [3.63, 3.8) is 0 Å². The first-order valence-electron chi connectivity index (χ1n) is 7.67. The predicted molar refractivity (Wildman–Crippen MR) is 103 cm³/mol. The van der Waals surface area contributed by atoms with Crippen LogP contribution in [0.5, 0.6) is 11.5 Å². The molecule has 5 nitrogen and oxygen atoms in total. The minimum atomic E-state index is -2.88. The molecule has 0 fully saturated rings. The fourth-order valence-electron chi connectivity index (χ4n) is 1.84. The Morgan fingerprint density at radius 2 is 1.96 bits per heavy atom. The number of hydrogen-bond donors (Lipinski definition) is 2. The summed E-state index contributed by atoms with van der Waals surface area (Å²) in [5.41, 5.74) is 0.877. The lowest BCUT2D eigenvalue weighted by molar-refractivity contribution is -0.0514. The average Bonchev–Trinajstić information content (AvgIpc) is 2.53. The molecule has 0 aromatic heterocycles. The molecule has 138 valence electrons. The number of alkyl halides is 2. The molecule has 1 unspecified atom stereocenters. The van der Waals surface area contributed by atoms with Gasteiger partial charge in [-0.2, -0.15) is 8.78 Å². The van der Waals surface area contributed by atoms with Gasteiger partial charge in [0.15, 0.2) is 17.5 Å². The van der Waals surface area contributed by atoms with E-state index in [1.807, 2.05) is 0 Å². The van der Waals surface area contributed by atoms with Gasteiger partial charge in [0.05, 0.1) is 6.61 Å². The Labute approximate surface area is 159 Å². The van der Waals surface area contributed by atoms with Gasteiger partial charge in [0.25, 0.3) is 0 Å². The Balaban J connectivity index is 0.00000529. The first-order valence-corrected chi connectivity index (χ1v) is 7.67. The standard InChI is InChI=1S/C16H25F2N3O2.HI/c1-5-11(3)21-16(19-4)20-10-12-7-8-13(23-15(17)18)14(9-12)22-6-2;/h7-9,11,15H,5-6,10H2,1-4H3,(H2,19,20,21);1H. The Hall–Kier alpha value is -1.32. The van der Waals surface area contributed by atoms with Crippen LogP contribution in [0.4, 0.5) is 8.78 Å². The van der Waals surface area contributed by atoms with Crippen LogP contribution in [-0.4, -0.2) is 32.3 Å². The highest BCUT2D eigenvalue weighted by atomic mass is 127. The van der Waals surface area contributed by atoms with Crippen LogP contribution in [0, 0.1) is 0 Å². The van der Waals surface area contributed by atoms with Gasteiger partial charge in [-0.25, -0.2) is 0 Å². The van der Waals surface area contributed by atoms with Crippen molar-refractivity contribution in [2.45, 2.75) is 46.4 Å². The molecular weight excluding hydrogens is 431 g/mol. The molecule has 0 saturated carbocycles. The summed E-state index contributed by atoms with van der Waals surface area (Å²) < 4.78 is 34.6. The third-order valence-electron chi connectivity index (χ3n) is 3.20. The maximum Gasteiger partial charge on any atom is 0.387 e. The van der Waals surface area contributed by atoms with Crippen LogP contribution in [0.1, 0.15) is 32.8 Å². The zero-order valence-electron chi connectivity index (χ0n) is 14.4. The normalized spacial score (nSPS) is 12.4. The van der Waals surface area contributed by atoms with Gasteiger partial charge in [-0.05, 0) is 38.0 Å². The van der Waals surface area contributed by atoms with Crippen LogP contribution in [0.2, 0.25) is 0 Å². The number of rotatable bonds is 8. The van der Waals surface area contributed by atoms with E-state index in [2.05, 4.69) is 34.2 Å². The van der Waals surface area contributed by atoms with Crippen molar-refractivity contribution in [1.29, 1.82) is 0 Å². The summed E-state index contributed by atoms with van der Waals surface area (Å²) in [5, 5.41) is 6.42. The van der Waals surface area contributed by atoms with Crippen LogP contribution in [0.15, 0.2) is 23.2 Å². The van der Waals surface area contributed by atoms with Crippen LogP contribution in [0.25, 0.3) is 0 Å². The van der Waals surface area contributed by atoms with Crippen LogP contribution in [-0.2, 0) is 6.54 Å². The van der Waals surface area contributed by atoms with Gasteiger partial charge in [-0.1, -0.05) is 13.0 Å². The van der Waals surface area contributed by atoms with Crippen molar-refractivity contribution >= 4 is 29.9 Å². The van der Waals surface area contributed by atoms with Crippen molar-refractivity contribution in [1.82, 2.24) is 10.6 Å². The quantitative estimate of drug-likeness (QED) is 0.355. The van der Waals surface area contributed by atoms with Crippen molar-refractivity contribution < 1.29 is 18.3 Å². The fourth-order valence-corrected chi connectivity index (χ4v) is 1.84. The number of hydrogen-bond acceptors (Lipinski definition) is 3. The van der Waals surface area contributed by atoms with Gasteiger partial charge in [0.1, 0.15) is 0 Å². The molecule has 0 heterocycles. The second-order valence-corrected chi connectivity index (χ2v) is 4.97. The van der Waals surface area contributed by atoms with Crippen LogP contribution in [0.3, 0.4) is 0 Å². The molecule has 1 aromatic carbocycles. The second kappa shape index (κ2) is 12.1. The maximum absolute atomic E-state index is 12.4. The predicted octanol–water partition coefficient (Wildman–Crippen LogP) is 3.77. The zero-order chi connectivity index (χ0) is 17.2. The lowest BCUT2D eigenvalue weighted by atomic mass is 10.2. The van der Waals surface area contributed by atoms with E-state index in [9.17, 15) is 8.78 Å². The van der Waals surface area contributed by atoms with Gasteiger partial charge in [-0.3, -0.25) is 4.99 Å². The summed E-state index contributed by atoms with van der Waals surface area (Å²) in [6, 6.07) is 5.19. The average molecular weight is 457 g/mol. The molecule has 1 atom stereocenters. The second-order valence-electron chi connectivity index (χ2n) is 4.97.